The Hall–Kier alpha value is -3.58. The molecular formula is C26H27N3O. The third-order valence-electron chi connectivity index (χ3n) is 5.42. The van der Waals surface area contributed by atoms with E-state index in [2.05, 4.69) is 48.9 Å². The van der Waals surface area contributed by atoms with Crippen LogP contribution in [0.1, 0.15) is 40.6 Å². The Kier molecular flexibility index (Phi) is 6.23. The van der Waals surface area contributed by atoms with Gasteiger partial charge in [0.1, 0.15) is 11.6 Å². The van der Waals surface area contributed by atoms with E-state index in [1.165, 1.54) is 16.7 Å². The minimum Gasteiger partial charge on any atom is -0.321 e. The van der Waals surface area contributed by atoms with Gasteiger partial charge in [0.15, 0.2) is 0 Å². The van der Waals surface area contributed by atoms with Crippen LogP contribution in [0.4, 0.5) is 5.69 Å². The lowest BCUT2D eigenvalue weighted by Crippen LogP contribution is -2.13. The lowest BCUT2D eigenvalue weighted by Gasteiger charge is -2.15. The molecule has 0 spiro atoms. The molecule has 0 saturated heterocycles. The van der Waals surface area contributed by atoms with Gasteiger partial charge in [0.25, 0.3) is 5.91 Å². The Balaban J connectivity index is 1.94. The van der Waals surface area contributed by atoms with Gasteiger partial charge in [-0.05, 0) is 80.6 Å². The summed E-state index contributed by atoms with van der Waals surface area (Å²) in [5, 5.41) is 12.4. The molecule has 152 valence electrons. The highest BCUT2D eigenvalue weighted by atomic mass is 16.1. The molecule has 1 aromatic heterocycles. The fourth-order valence-electron chi connectivity index (χ4n) is 3.76. The molecule has 0 aliphatic heterocycles. The van der Waals surface area contributed by atoms with Crippen molar-refractivity contribution in [3.8, 4) is 11.8 Å². The second-order valence-corrected chi connectivity index (χ2v) is 7.58. The maximum absolute atomic E-state index is 12.7. The van der Waals surface area contributed by atoms with Gasteiger partial charge >= 0.3 is 0 Å². The van der Waals surface area contributed by atoms with E-state index in [1.54, 1.807) is 6.08 Å². The number of rotatable bonds is 5. The molecule has 2 aromatic carbocycles. The van der Waals surface area contributed by atoms with E-state index < -0.39 is 5.91 Å². The lowest BCUT2D eigenvalue weighted by atomic mass is 10.1. The second kappa shape index (κ2) is 8.84. The van der Waals surface area contributed by atoms with Crippen molar-refractivity contribution < 1.29 is 4.79 Å². The molecule has 3 rings (SSSR count). The molecule has 0 radical (unpaired) electrons. The molecule has 4 heteroatoms. The Bertz CT molecular complexity index is 1140. The summed E-state index contributed by atoms with van der Waals surface area (Å²) in [6.45, 7) is 10.3. The Morgan fingerprint density at radius 3 is 2.27 bits per heavy atom. The number of amides is 1. The summed E-state index contributed by atoms with van der Waals surface area (Å²) in [5.41, 5.74) is 8.39. The van der Waals surface area contributed by atoms with Crippen molar-refractivity contribution in [3.63, 3.8) is 0 Å². The van der Waals surface area contributed by atoms with Crippen LogP contribution in [0, 0.1) is 39.0 Å². The Morgan fingerprint density at radius 1 is 1.07 bits per heavy atom. The molecule has 0 aliphatic rings. The van der Waals surface area contributed by atoms with Crippen LogP contribution in [-0.4, -0.2) is 10.5 Å². The van der Waals surface area contributed by atoms with Crippen LogP contribution in [0.5, 0.6) is 0 Å². The van der Waals surface area contributed by atoms with Crippen LogP contribution in [-0.2, 0) is 11.2 Å². The smallest absolute Gasteiger partial charge is 0.266 e. The predicted molar refractivity (Wildman–Crippen MR) is 123 cm³/mol. The number of para-hydroxylation sites is 1. The summed E-state index contributed by atoms with van der Waals surface area (Å²) >= 11 is 0. The van der Waals surface area contributed by atoms with Gasteiger partial charge in [0, 0.05) is 17.1 Å². The molecule has 4 nitrogen and oxygen atoms in total. The van der Waals surface area contributed by atoms with Crippen LogP contribution < -0.4 is 5.32 Å². The van der Waals surface area contributed by atoms with Gasteiger partial charge in [0.05, 0.1) is 5.69 Å². The molecule has 3 aromatic rings. The number of aromatic nitrogens is 1. The fourth-order valence-corrected chi connectivity index (χ4v) is 3.76. The Labute approximate surface area is 178 Å². The second-order valence-electron chi connectivity index (χ2n) is 7.58. The van der Waals surface area contributed by atoms with E-state index in [1.807, 2.05) is 50.2 Å². The van der Waals surface area contributed by atoms with Crippen molar-refractivity contribution in [1.82, 2.24) is 4.57 Å². The number of benzene rings is 2. The number of hydrogen-bond acceptors (Lipinski definition) is 2. The summed E-state index contributed by atoms with van der Waals surface area (Å²) in [4.78, 5) is 12.7. The first kappa shape index (κ1) is 21.1. The summed E-state index contributed by atoms with van der Waals surface area (Å²) < 4.78 is 2.19. The van der Waals surface area contributed by atoms with E-state index in [0.717, 1.165) is 29.1 Å². The average molecular weight is 398 g/mol. The molecule has 0 saturated carbocycles. The number of nitriles is 1. The summed E-state index contributed by atoms with van der Waals surface area (Å²) in [5.74, 6) is -0.404. The molecule has 0 unspecified atom stereocenters. The van der Waals surface area contributed by atoms with Crippen LogP contribution >= 0.6 is 0 Å². The number of carbonyl (C=O) groups is 1. The molecule has 0 fully saturated rings. The van der Waals surface area contributed by atoms with E-state index in [0.29, 0.717) is 5.69 Å². The zero-order chi connectivity index (χ0) is 21.8. The fraction of sp³-hybridized carbons (Fsp3) is 0.231. The van der Waals surface area contributed by atoms with Gasteiger partial charge in [-0.15, -0.1) is 0 Å². The maximum Gasteiger partial charge on any atom is 0.266 e. The first-order valence-electron chi connectivity index (χ1n) is 10.1. The summed E-state index contributed by atoms with van der Waals surface area (Å²) in [6.07, 6.45) is 2.61. The summed E-state index contributed by atoms with van der Waals surface area (Å²) in [6, 6.07) is 18.0. The van der Waals surface area contributed by atoms with Crippen molar-refractivity contribution in [3.05, 3.63) is 87.7 Å². The molecular weight excluding hydrogens is 370 g/mol. The van der Waals surface area contributed by atoms with Crippen LogP contribution in [0.25, 0.3) is 11.8 Å². The van der Waals surface area contributed by atoms with E-state index in [4.69, 9.17) is 0 Å². The highest BCUT2D eigenvalue weighted by molar-refractivity contribution is 6.09. The van der Waals surface area contributed by atoms with Crippen molar-refractivity contribution in [1.29, 1.82) is 5.26 Å². The van der Waals surface area contributed by atoms with Gasteiger partial charge in [-0.1, -0.05) is 37.3 Å². The van der Waals surface area contributed by atoms with Crippen LogP contribution in [0.3, 0.4) is 0 Å². The quantitative estimate of drug-likeness (QED) is 0.436. The number of hydrogen-bond donors (Lipinski definition) is 1. The predicted octanol–water partition coefficient (Wildman–Crippen LogP) is 5.82. The first-order valence-corrected chi connectivity index (χ1v) is 10.1. The maximum atomic E-state index is 12.7. The van der Waals surface area contributed by atoms with Gasteiger partial charge in [-0.3, -0.25) is 4.79 Å². The number of nitrogens with one attached hydrogen (secondary N) is 1. The largest absolute Gasteiger partial charge is 0.321 e. The molecule has 1 amide bonds. The molecule has 0 aliphatic carbocycles. The minimum atomic E-state index is -0.404. The lowest BCUT2D eigenvalue weighted by molar-refractivity contribution is -0.112. The molecule has 1 N–H and O–H groups in total. The normalized spacial score (nSPS) is 11.3. The monoisotopic (exact) mass is 397 g/mol. The van der Waals surface area contributed by atoms with Crippen LogP contribution in [0.15, 0.2) is 54.1 Å². The average Bonchev–Trinajstić information content (AvgIpc) is 3.00. The topological polar surface area (TPSA) is 57.8 Å². The number of anilines is 1. The number of aryl methyl sites for hydroxylation is 4. The zero-order valence-corrected chi connectivity index (χ0v) is 18.2. The van der Waals surface area contributed by atoms with E-state index in [9.17, 15) is 10.1 Å². The van der Waals surface area contributed by atoms with Gasteiger partial charge in [-0.2, -0.15) is 5.26 Å². The van der Waals surface area contributed by atoms with Crippen molar-refractivity contribution in [2.24, 2.45) is 0 Å². The molecule has 30 heavy (non-hydrogen) atoms. The van der Waals surface area contributed by atoms with Gasteiger partial charge in [-0.25, -0.2) is 0 Å². The van der Waals surface area contributed by atoms with Gasteiger partial charge < -0.3 is 9.88 Å². The highest BCUT2D eigenvalue weighted by Crippen LogP contribution is 2.27. The van der Waals surface area contributed by atoms with Crippen LogP contribution in [0.2, 0.25) is 0 Å². The minimum absolute atomic E-state index is 0.0799. The van der Waals surface area contributed by atoms with Gasteiger partial charge in [0.2, 0.25) is 0 Å². The third kappa shape index (κ3) is 4.21. The number of carbonyl (C=O) groups excluding carboxylic acids is 1. The Morgan fingerprint density at radius 2 is 1.70 bits per heavy atom. The van der Waals surface area contributed by atoms with Crippen molar-refractivity contribution in [2.45, 2.75) is 41.0 Å². The molecule has 1 heterocycles. The summed E-state index contributed by atoms with van der Waals surface area (Å²) in [7, 11) is 0. The highest BCUT2D eigenvalue weighted by Gasteiger charge is 2.16. The zero-order valence-electron chi connectivity index (χ0n) is 18.2. The van der Waals surface area contributed by atoms with Crippen molar-refractivity contribution in [2.75, 3.05) is 5.32 Å². The molecule has 0 atom stereocenters. The standard InChI is InChI=1S/C26H27N3O/c1-6-21-10-12-24(13-11-21)28-26(30)23(16-27)15-22-14-19(4)29(20(22)5)25-17(2)8-7-9-18(25)3/h7-15H,6H2,1-5H3,(H,28,30)/b23-15-. The SMILES string of the molecule is CCc1ccc(NC(=O)/C(C#N)=C\c2cc(C)n(-c3c(C)cccc3C)c2C)cc1. The van der Waals surface area contributed by atoms with E-state index in [-0.39, 0.29) is 5.57 Å². The first-order chi connectivity index (χ1) is 14.3. The molecule has 0 bridgehead atoms. The third-order valence-corrected chi connectivity index (χ3v) is 5.42. The van der Waals surface area contributed by atoms with E-state index >= 15 is 0 Å². The van der Waals surface area contributed by atoms with Crippen molar-refractivity contribution >= 4 is 17.7 Å². The number of nitrogens with zero attached hydrogens (tertiary/aromatic N) is 2.